The van der Waals surface area contributed by atoms with Crippen molar-refractivity contribution in [1.29, 1.82) is 0 Å². The third-order valence-corrected chi connectivity index (χ3v) is 6.42. The number of halogens is 1. The lowest BCUT2D eigenvalue weighted by Crippen LogP contribution is -2.59. The van der Waals surface area contributed by atoms with E-state index in [4.69, 9.17) is 10.5 Å². The average molecular weight is 408 g/mol. The fourth-order valence-corrected chi connectivity index (χ4v) is 5.05. The van der Waals surface area contributed by atoms with Gasteiger partial charge in [0.15, 0.2) is 6.10 Å². The topological polar surface area (TPSA) is 75.9 Å². The second kappa shape index (κ2) is 8.39. The minimum Gasteiger partial charge on any atom is -0.356 e. The quantitative estimate of drug-likeness (QED) is 0.831. The SMILES string of the molecule is CC(C)N1C(=O)CO[C@H](C(=O)N2C[C@H]3CC[C@@H](C2)C3N)[C@H]1c1ccccc1.Cl. The van der Waals surface area contributed by atoms with Crippen LogP contribution < -0.4 is 5.73 Å². The van der Waals surface area contributed by atoms with Crippen molar-refractivity contribution >= 4 is 24.2 Å². The van der Waals surface area contributed by atoms with Gasteiger partial charge in [0, 0.05) is 25.2 Å². The standard InChI is InChI=1S/C21H29N3O3.ClH/c1-13(2)24-17(25)12-27-20(19(24)14-6-4-3-5-7-14)21(26)23-10-15-8-9-16(11-23)18(15)22;/h3-7,13,15-16,18-20H,8-12,22H2,1-2H3;1H/t15-,16+,18?,19-,20+;/m1./s1. The van der Waals surface area contributed by atoms with E-state index in [1.54, 1.807) is 0 Å². The maximum absolute atomic E-state index is 13.5. The third kappa shape index (κ3) is 3.65. The van der Waals surface area contributed by atoms with Crippen LogP contribution >= 0.6 is 12.4 Å². The van der Waals surface area contributed by atoms with Crippen LogP contribution in [-0.2, 0) is 14.3 Å². The van der Waals surface area contributed by atoms with Gasteiger partial charge in [-0.25, -0.2) is 0 Å². The highest BCUT2D eigenvalue weighted by molar-refractivity contribution is 5.87. The number of benzene rings is 1. The molecule has 2 bridgehead atoms. The number of nitrogens with zero attached hydrogens (tertiary/aromatic N) is 2. The van der Waals surface area contributed by atoms with Gasteiger partial charge in [0.25, 0.3) is 5.91 Å². The smallest absolute Gasteiger partial charge is 0.254 e. The van der Waals surface area contributed by atoms with E-state index in [0.717, 1.165) is 18.4 Å². The molecule has 2 aliphatic heterocycles. The summed E-state index contributed by atoms with van der Waals surface area (Å²) in [7, 11) is 0. The van der Waals surface area contributed by atoms with Gasteiger partial charge in [-0.3, -0.25) is 9.59 Å². The van der Waals surface area contributed by atoms with Crippen molar-refractivity contribution in [3.8, 4) is 0 Å². The Bertz CT molecular complexity index is 700. The van der Waals surface area contributed by atoms with Gasteiger partial charge >= 0.3 is 0 Å². The summed E-state index contributed by atoms with van der Waals surface area (Å²) in [5.74, 6) is 0.693. The number of nitrogens with two attached hydrogens (primary N) is 1. The molecule has 0 spiro atoms. The number of piperidine rings is 1. The Morgan fingerprint density at radius 2 is 1.75 bits per heavy atom. The van der Waals surface area contributed by atoms with Gasteiger partial charge in [-0.05, 0) is 44.1 Å². The highest BCUT2D eigenvalue weighted by atomic mass is 35.5. The second-order valence-electron chi connectivity index (χ2n) is 8.40. The molecule has 3 fully saturated rings. The van der Waals surface area contributed by atoms with Gasteiger partial charge in [0.2, 0.25) is 5.91 Å². The maximum Gasteiger partial charge on any atom is 0.254 e. The molecule has 3 aliphatic rings. The molecule has 1 saturated carbocycles. The van der Waals surface area contributed by atoms with Crippen LogP contribution in [0.5, 0.6) is 0 Å². The van der Waals surface area contributed by atoms with Crippen molar-refractivity contribution in [3.63, 3.8) is 0 Å². The highest BCUT2D eigenvalue weighted by Crippen LogP contribution is 2.38. The van der Waals surface area contributed by atoms with E-state index in [-0.39, 0.29) is 42.9 Å². The zero-order chi connectivity index (χ0) is 19.1. The second-order valence-corrected chi connectivity index (χ2v) is 8.40. The van der Waals surface area contributed by atoms with Gasteiger partial charge in [-0.1, -0.05) is 30.3 Å². The number of carbonyl (C=O) groups is 2. The molecule has 28 heavy (non-hydrogen) atoms. The summed E-state index contributed by atoms with van der Waals surface area (Å²) < 4.78 is 5.86. The van der Waals surface area contributed by atoms with Crippen LogP contribution in [0.25, 0.3) is 0 Å². The summed E-state index contributed by atoms with van der Waals surface area (Å²) in [4.78, 5) is 29.8. The molecule has 0 radical (unpaired) electrons. The number of ether oxygens (including phenoxy) is 1. The molecule has 5 atom stereocenters. The molecule has 1 aromatic rings. The van der Waals surface area contributed by atoms with Crippen LogP contribution in [0.15, 0.2) is 30.3 Å². The van der Waals surface area contributed by atoms with Crippen molar-refractivity contribution in [1.82, 2.24) is 9.80 Å². The summed E-state index contributed by atoms with van der Waals surface area (Å²) in [6, 6.07) is 9.57. The number of carbonyl (C=O) groups excluding carboxylic acids is 2. The Kier molecular flexibility index (Phi) is 6.32. The Morgan fingerprint density at radius 1 is 1.14 bits per heavy atom. The molecule has 2 saturated heterocycles. The number of amides is 2. The number of likely N-dealkylation sites (tertiary alicyclic amines) is 1. The van der Waals surface area contributed by atoms with Crippen molar-refractivity contribution in [3.05, 3.63) is 35.9 Å². The number of hydrogen-bond acceptors (Lipinski definition) is 4. The lowest BCUT2D eigenvalue weighted by atomic mass is 9.91. The molecule has 1 aliphatic carbocycles. The van der Waals surface area contributed by atoms with Crippen LogP contribution in [0, 0.1) is 11.8 Å². The number of morpholine rings is 1. The van der Waals surface area contributed by atoms with E-state index in [9.17, 15) is 9.59 Å². The molecule has 2 N–H and O–H groups in total. The number of hydrogen-bond donors (Lipinski definition) is 1. The van der Waals surface area contributed by atoms with E-state index in [1.165, 1.54) is 0 Å². The Balaban J connectivity index is 0.00000225. The zero-order valence-corrected chi connectivity index (χ0v) is 17.3. The molecule has 6 nitrogen and oxygen atoms in total. The van der Waals surface area contributed by atoms with Crippen molar-refractivity contribution < 1.29 is 14.3 Å². The zero-order valence-electron chi connectivity index (χ0n) is 16.5. The van der Waals surface area contributed by atoms with Gasteiger partial charge in [0.05, 0.1) is 6.04 Å². The third-order valence-electron chi connectivity index (χ3n) is 6.42. The predicted molar refractivity (Wildman–Crippen MR) is 109 cm³/mol. The summed E-state index contributed by atoms with van der Waals surface area (Å²) in [6.07, 6.45) is 1.53. The summed E-state index contributed by atoms with van der Waals surface area (Å²) in [6.45, 7) is 5.33. The van der Waals surface area contributed by atoms with Crippen LogP contribution in [0.2, 0.25) is 0 Å². The summed E-state index contributed by atoms with van der Waals surface area (Å²) >= 11 is 0. The summed E-state index contributed by atoms with van der Waals surface area (Å²) in [5.41, 5.74) is 7.24. The number of rotatable bonds is 3. The van der Waals surface area contributed by atoms with Crippen molar-refractivity contribution in [2.45, 2.75) is 50.9 Å². The van der Waals surface area contributed by atoms with E-state index in [1.807, 2.05) is 54.0 Å². The lowest BCUT2D eigenvalue weighted by molar-refractivity contribution is -0.173. The van der Waals surface area contributed by atoms with Crippen molar-refractivity contribution in [2.24, 2.45) is 17.6 Å². The van der Waals surface area contributed by atoms with Gasteiger partial charge in [0.1, 0.15) is 6.61 Å². The lowest BCUT2D eigenvalue weighted by Gasteiger charge is -2.45. The molecule has 1 unspecified atom stereocenters. The first-order valence-electron chi connectivity index (χ1n) is 9.99. The molecule has 4 rings (SSSR count). The monoisotopic (exact) mass is 407 g/mol. The van der Waals surface area contributed by atoms with Crippen LogP contribution in [-0.4, -0.2) is 59.5 Å². The number of fused-ring (bicyclic) bond motifs is 2. The van der Waals surface area contributed by atoms with E-state index in [2.05, 4.69) is 0 Å². The molecule has 2 heterocycles. The van der Waals surface area contributed by atoms with Crippen LogP contribution in [0.3, 0.4) is 0 Å². The largest absolute Gasteiger partial charge is 0.356 e. The maximum atomic E-state index is 13.5. The van der Waals surface area contributed by atoms with Gasteiger partial charge < -0.3 is 20.3 Å². The average Bonchev–Trinajstić information content (AvgIpc) is 2.88. The summed E-state index contributed by atoms with van der Waals surface area (Å²) in [5, 5.41) is 0. The van der Waals surface area contributed by atoms with E-state index < -0.39 is 12.1 Å². The molecular weight excluding hydrogens is 378 g/mol. The minimum absolute atomic E-state index is 0. The van der Waals surface area contributed by atoms with Gasteiger partial charge in [-0.2, -0.15) is 0 Å². The Hall–Kier alpha value is -1.63. The van der Waals surface area contributed by atoms with Crippen LogP contribution in [0.4, 0.5) is 0 Å². The first kappa shape index (κ1) is 21.1. The van der Waals surface area contributed by atoms with Crippen molar-refractivity contribution in [2.75, 3.05) is 19.7 Å². The van der Waals surface area contributed by atoms with E-state index in [0.29, 0.717) is 24.9 Å². The first-order valence-corrected chi connectivity index (χ1v) is 9.99. The molecule has 7 heteroatoms. The fourth-order valence-electron chi connectivity index (χ4n) is 5.05. The normalized spacial score (nSPS) is 32.4. The molecule has 1 aromatic carbocycles. The minimum atomic E-state index is -0.666. The molecule has 2 amide bonds. The Morgan fingerprint density at radius 3 is 2.32 bits per heavy atom. The first-order chi connectivity index (χ1) is 13.0. The van der Waals surface area contributed by atoms with Crippen LogP contribution in [0.1, 0.15) is 38.3 Å². The van der Waals surface area contributed by atoms with Gasteiger partial charge in [-0.15, -0.1) is 12.4 Å². The molecular formula is C21H30ClN3O3. The molecule has 154 valence electrons. The highest BCUT2D eigenvalue weighted by Gasteiger charge is 2.47. The predicted octanol–water partition coefficient (Wildman–Crippen LogP) is 1.98. The fraction of sp³-hybridized carbons (Fsp3) is 0.619. The Labute approximate surface area is 172 Å². The molecule has 0 aromatic heterocycles. The van der Waals surface area contributed by atoms with E-state index >= 15 is 0 Å².